The molecule has 0 radical (unpaired) electrons. The van der Waals surface area contributed by atoms with Gasteiger partial charge in [-0.3, -0.25) is 9.59 Å². The van der Waals surface area contributed by atoms with Gasteiger partial charge in [-0.05, 0) is 37.0 Å². The molecule has 4 amide bonds. The summed E-state index contributed by atoms with van der Waals surface area (Å²) >= 11 is 0. The number of carbonyl (C=O) groups is 3. The Morgan fingerprint density at radius 2 is 2.12 bits per heavy atom. The fourth-order valence-electron chi connectivity index (χ4n) is 2.51. The molecule has 0 spiro atoms. The molecule has 0 unspecified atom stereocenters. The molecule has 0 aromatic heterocycles. The van der Waals surface area contributed by atoms with Gasteiger partial charge < -0.3 is 20.9 Å². The van der Waals surface area contributed by atoms with Gasteiger partial charge >= 0.3 is 6.03 Å². The van der Waals surface area contributed by atoms with Crippen molar-refractivity contribution in [1.29, 1.82) is 0 Å². The van der Waals surface area contributed by atoms with E-state index in [9.17, 15) is 14.4 Å². The van der Waals surface area contributed by atoms with Crippen molar-refractivity contribution in [1.82, 2.24) is 15.5 Å². The number of benzene rings is 1. The summed E-state index contributed by atoms with van der Waals surface area (Å²) in [5.41, 5.74) is 1.61. The van der Waals surface area contributed by atoms with E-state index in [-0.39, 0.29) is 11.8 Å². The minimum Gasteiger partial charge on any atom is -0.354 e. The van der Waals surface area contributed by atoms with Gasteiger partial charge in [0.1, 0.15) is 6.04 Å². The van der Waals surface area contributed by atoms with Crippen molar-refractivity contribution in [2.45, 2.75) is 31.7 Å². The van der Waals surface area contributed by atoms with Gasteiger partial charge in [0, 0.05) is 32.7 Å². The monoisotopic (exact) mass is 332 g/mol. The first kappa shape index (κ1) is 17.8. The van der Waals surface area contributed by atoms with Crippen molar-refractivity contribution in [3.05, 3.63) is 29.8 Å². The topological polar surface area (TPSA) is 90.5 Å². The molecular formula is C17H24N4O3. The summed E-state index contributed by atoms with van der Waals surface area (Å²) in [5.74, 6) is -0.0817. The van der Waals surface area contributed by atoms with Crippen molar-refractivity contribution < 1.29 is 14.4 Å². The molecular weight excluding hydrogens is 308 g/mol. The van der Waals surface area contributed by atoms with E-state index < -0.39 is 12.1 Å². The Kier molecular flexibility index (Phi) is 6.17. The Morgan fingerprint density at radius 3 is 2.83 bits per heavy atom. The summed E-state index contributed by atoms with van der Waals surface area (Å²) in [6.45, 7) is 0.659. The number of carbonyl (C=O) groups excluding carboxylic acids is 3. The van der Waals surface area contributed by atoms with Gasteiger partial charge in [-0.25, -0.2) is 4.79 Å². The number of nitrogens with zero attached hydrogens (tertiary/aromatic N) is 1. The van der Waals surface area contributed by atoms with Crippen LogP contribution in [-0.2, 0) is 16.0 Å². The molecule has 0 bridgehead atoms. The lowest BCUT2D eigenvalue weighted by molar-refractivity contribution is -0.128. The average molecular weight is 332 g/mol. The van der Waals surface area contributed by atoms with Crippen molar-refractivity contribution in [2.75, 3.05) is 26.0 Å². The van der Waals surface area contributed by atoms with E-state index >= 15 is 0 Å². The van der Waals surface area contributed by atoms with E-state index in [1.54, 1.807) is 25.1 Å². The second-order valence-corrected chi connectivity index (χ2v) is 6.07. The van der Waals surface area contributed by atoms with Crippen LogP contribution in [-0.4, -0.2) is 49.4 Å². The van der Waals surface area contributed by atoms with Crippen LogP contribution in [0, 0.1) is 0 Å². The predicted molar refractivity (Wildman–Crippen MR) is 91.6 cm³/mol. The standard InChI is InChI=1S/C17H24N4O3/c1-21(2)15(22)9-8-12-5-3-6-13(11-12)19-17(24)20-14-7-4-10-18-16(14)23/h3,5-6,11,14H,4,7-10H2,1-2H3,(H,18,23)(H2,19,20,24)/t14-/m1/s1. The Labute approximate surface area is 141 Å². The van der Waals surface area contributed by atoms with Gasteiger partial charge in [-0.1, -0.05) is 12.1 Å². The average Bonchev–Trinajstić information content (AvgIpc) is 2.55. The molecule has 2 rings (SSSR count). The van der Waals surface area contributed by atoms with Gasteiger partial charge in [0.15, 0.2) is 0 Å². The summed E-state index contributed by atoms with van der Waals surface area (Å²) in [6, 6.07) is 6.47. The molecule has 130 valence electrons. The lowest BCUT2D eigenvalue weighted by Gasteiger charge is -2.22. The Balaban J connectivity index is 1.87. The highest BCUT2D eigenvalue weighted by atomic mass is 16.2. The van der Waals surface area contributed by atoms with E-state index in [4.69, 9.17) is 0 Å². The minimum absolute atomic E-state index is 0.0643. The SMILES string of the molecule is CN(C)C(=O)CCc1cccc(NC(=O)N[C@@H]2CCCNC2=O)c1. The first-order valence-electron chi connectivity index (χ1n) is 8.10. The maximum Gasteiger partial charge on any atom is 0.319 e. The molecule has 1 fully saturated rings. The third-order valence-corrected chi connectivity index (χ3v) is 3.90. The van der Waals surface area contributed by atoms with Crippen LogP contribution in [0.15, 0.2) is 24.3 Å². The molecule has 1 aliphatic rings. The van der Waals surface area contributed by atoms with Crippen LogP contribution in [0.25, 0.3) is 0 Å². The number of rotatable bonds is 5. The van der Waals surface area contributed by atoms with Gasteiger partial charge in [0.05, 0.1) is 0 Å². The number of hydrogen-bond donors (Lipinski definition) is 3. The molecule has 24 heavy (non-hydrogen) atoms. The number of piperidine rings is 1. The summed E-state index contributed by atoms with van der Waals surface area (Å²) in [5, 5.41) is 8.14. The summed E-state index contributed by atoms with van der Waals surface area (Å²) < 4.78 is 0. The van der Waals surface area contributed by atoms with E-state index in [1.807, 2.05) is 18.2 Å². The quantitative estimate of drug-likeness (QED) is 0.754. The maximum atomic E-state index is 12.0. The van der Waals surface area contributed by atoms with Crippen molar-refractivity contribution >= 4 is 23.5 Å². The fraction of sp³-hybridized carbons (Fsp3) is 0.471. The van der Waals surface area contributed by atoms with E-state index in [0.29, 0.717) is 31.5 Å². The molecule has 7 nitrogen and oxygen atoms in total. The van der Waals surface area contributed by atoms with E-state index in [2.05, 4.69) is 16.0 Å². The highest BCUT2D eigenvalue weighted by Crippen LogP contribution is 2.13. The number of aryl methyl sites for hydroxylation is 1. The lowest BCUT2D eigenvalue weighted by Crippen LogP contribution is -2.51. The Morgan fingerprint density at radius 1 is 1.33 bits per heavy atom. The Bertz CT molecular complexity index is 616. The van der Waals surface area contributed by atoms with Gasteiger partial charge in [0.2, 0.25) is 11.8 Å². The highest BCUT2D eigenvalue weighted by molar-refractivity contribution is 5.94. The van der Waals surface area contributed by atoms with Crippen LogP contribution in [0.3, 0.4) is 0 Å². The zero-order valence-electron chi connectivity index (χ0n) is 14.1. The fourth-order valence-corrected chi connectivity index (χ4v) is 2.51. The largest absolute Gasteiger partial charge is 0.354 e. The summed E-state index contributed by atoms with van der Waals surface area (Å²) in [6.07, 6.45) is 2.53. The maximum absolute atomic E-state index is 12.0. The molecule has 7 heteroatoms. The lowest BCUT2D eigenvalue weighted by atomic mass is 10.1. The normalized spacial score (nSPS) is 16.9. The second kappa shape index (κ2) is 8.33. The minimum atomic E-state index is -0.486. The smallest absolute Gasteiger partial charge is 0.319 e. The molecule has 1 aromatic carbocycles. The Hall–Kier alpha value is -2.57. The first-order chi connectivity index (χ1) is 11.5. The van der Waals surface area contributed by atoms with Crippen molar-refractivity contribution in [3.8, 4) is 0 Å². The number of hydrogen-bond acceptors (Lipinski definition) is 3. The number of urea groups is 1. The van der Waals surface area contributed by atoms with E-state index in [0.717, 1.165) is 12.0 Å². The van der Waals surface area contributed by atoms with Crippen molar-refractivity contribution in [3.63, 3.8) is 0 Å². The third-order valence-electron chi connectivity index (χ3n) is 3.90. The van der Waals surface area contributed by atoms with Crippen LogP contribution >= 0.6 is 0 Å². The third kappa shape index (κ3) is 5.26. The molecule has 1 saturated heterocycles. The van der Waals surface area contributed by atoms with Gasteiger partial charge in [-0.2, -0.15) is 0 Å². The zero-order valence-corrected chi connectivity index (χ0v) is 14.1. The second-order valence-electron chi connectivity index (χ2n) is 6.07. The predicted octanol–water partition coefficient (Wildman–Crippen LogP) is 1.11. The number of anilines is 1. The molecule has 3 N–H and O–H groups in total. The molecule has 0 saturated carbocycles. The number of nitrogens with one attached hydrogen (secondary N) is 3. The highest BCUT2D eigenvalue weighted by Gasteiger charge is 2.23. The molecule has 1 heterocycles. The first-order valence-corrected chi connectivity index (χ1v) is 8.10. The van der Waals surface area contributed by atoms with Crippen LogP contribution in [0.4, 0.5) is 10.5 Å². The van der Waals surface area contributed by atoms with Crippen molar-refractivity contribution in [2.24, 2.45) is 0 Å². The molecule has 0 aliphatic carbocycles. The van der Waals surface area contributed by atoms with Gasteiger partial charge in [0.25, 0.3) is 0 Å². The van der Waals surface area contributed by atoms with Crippen LogP contribution in [0.5, 0.6) is 0 Å². The molecule has 1 aliphatic heterocycles. The molecule has 1 atom stereocenters. The van der Waals surface area contributed by atoms with Gasteiger partial charge in [-0.15, -0.1) is 0 Å². The summed E-state index contributed by atoms with van der Waals surface area (Å²) in [7, 11) is 3.46. The van der Waals surface area contributed by atoms with Crippen LogP contribution in [0.1, 0.15) is 24.8 Å². The van der Waals surface area contributed by atoms with Crippen LogP contribution < -0.4 is 16.0 Å². The summed E-state index contributed by atoms with van der Waals surface area (Å²) in [4.78, 5) is 36.9. The number of amides is 4. The van der Waals surface area contributed by atoms with E-state index in [1.165, 1.54) is 0 Å². The molecule has 1 aromatic rings. The van der Waals surface area contributed by atoms with Crippen LogP contribution in [0.2, 0.25) is 0 Å². The zero-order chi connectivity index (χ0) is 17.5.